The highest BCUT2D eigenvalue weighted by Gasteiger charge is 2.19. The van der Waals surface area contributed by atoms with Crippen LogP contribution in [0, 0.1) is 6.92 Å². The van der Waals surface area contributed by atoms with Crippen LogP contribution in [-0.4, -0.2) is 36.9 Å². The number of benzene rings is 1. The lowest BCUT2D eigenvalue weighted by atomic mass is 10.2. The Labute approximate surface area is 122 Å². The van der Waals surface area contributed by atoms with E-state index in [1.807, 2.05) is 13.0 Å². The SMILES string of the molecule is COCCC(NC(=O)Nc1cc(C)ccc1Cl)C(=O)O. The zero-order chi connectivity index (χ0) is 15.1. The van der Waals surface area contributed by atoms with E-state index in [1.165, 1.54) is 7.11 Å². The lowest BCUT2D eigenvalue weighted by molar-refractivity contribution is -0.139. The van der Waals surface area contributed by atoms with Crippen molar-refractivity contribution in [1.29, 1.82) is 0 Å². The molecule has 3 N–H and O–H groups in total. The van der Waals surface area contributed by atoms with Crippen LogP contribution in [0.5, 0.6) is 0 Å². The van der Waals surface area contributed by atoms with Crippen molar-refractivity contribution in [3.05, 3.63) is 28.8 Å². The quantitative estimate of drug-likeness (QED) is 0.752. The van der Waals surface area contributed by atoms with Gasteiger partial charge in [-0.15, -0.1) is 0 Å². The summed E-state index contributed by atoms with van der Waals surface area (Å²) >= 11 is 5.94. The molecule has 0 saturated heterocycles. The summed E-state index contributed by atoms with van der Waals surface area (Å²) < 4.78 is 4.80. The smallest absolute Gasteiger partial charge is 0.326 e. The second-order valence-corrected chi connectivity index (χ2v) is 4.66. The van der Waals surface area contributed by atoms with Gasteiger partial charge < -0.3 is 20.5 Å². The van der Waals surface area contributed by atoms with Gasteiger partial charge in [-0.25, -0.2) is 9.59 Å². The summed E-state index contributed by atoms with van der Waals surface area (Å²) in [6.07, 6.45) is 0.181. The number of methoxy groups -OCH3 is 1. The first kappa shape index (κ1) is 16.3. The summed E-state index contributed by atoms with van der Waals surface area (Å²) in [7, 11) is 1.46. The van der Waals surface area contributed by atoms with E-state index in [4.69, 9.17) is 21.4 Å². The first-order chi connectivity index (χ1) is 9.43. The van der Waals surface area contributed by atoms with Crippen molar-refractivity contribution in [3.63, 3.8) is 0 Å². The minimum atomic E-state index is -1.12. The molecule has 110 valence electrons. The number of nitrogens with one attached hydrogen (secondary N) is 2. The molecular formula is C13H17ClN2O4. The Hall–Kier alpha value is -1.79. The monoisotopic (exact) mass is 300 g/mol. The van der Waals surface area contributed by atoms with Crippen LogP contribution < -0.4 is 10.6 Å². The maximum absolute atomic E-state index is 11.8. The Morgan fingerprint density at radius 1 is 1.45 bits per heavy atom. The van der Waals surface area contributed by atoms with E-state index in [1.54, 1.807) is 12.1 Å². The van der Waals surface area contributed by atoms with Gasteiger partial charge in [0.25, 0.3) is 0 Å². The molecule has 2 amide bonds. The Bertz CT molecular complexity index is 493. The summed E-state index contributed by atoms with van der Waals surface area (Å²) in [6.45, 7) is 2.10. The van der Waals surface area contributed by atoms with Crippen molar-refractivity contribution in [3.8, 4) is 0 Å². The molecule has 0 heterocycles. The minimum Gasteiger partial charge on any atom is -0.480 e. The van der Waals surface area contributed by atoms with Gasteiger partial charge in [0.2, 0.25) is 0 Å². The summed E-state index contributed by atoms with van der Waals surface area (Å²) in [6, 6.07) is 3.53. The number of ether oxygens (including phenoxy) is 1. The highest BCUT2D eigenvalue weighted by molar-refractivity contribution is 6.33. The second kappa shape index (κ2) is 7.72. The molecule has 1 aromatic carbocycles. The first-order valence-electron chi connectivity index (χ1n) is 5.99. The minimum absolute atomic E-state index is 0.181. The van der Waals surface area contributed by atoms with Crippen LogP contribution in [0.4, 0.5) is 10.5 Å². The van der Waals surface area contributed by atoms with Gasteiger partial charge in [-0.3, -0.25) is 0 Å². The van der Waals surface area contributed by atoms with Gasteiger partial charge in [0, 0.05) is 20.1 Å². The van der Waals surface area contributed by atoms with E-state index in [2.05, 4.69) is 10.6 Å². The van der Waals surface area contributed by atoms with Gasteiger partial charge in [0.15, 0.2) is 0 Å². The molecule has 1 atom stereocenters. The summed E-state index contributed by atoms with van der Waals surface area (Å²) in [5.41, 5.74) is 1.36. The third kappa shape index (κ3) is 5.07. The number of anilines is 1. The highest BCUT2D eigenvalue weighted by atomic mass is 35.5. The van der Waals surface area contributed by atoms with E-state index >= 15 is 0 Å². The lowest BCUT2D eigenvalue weighted by Gasteiger charge is -2.15. The number of urea groups is 1. The predicted octanol–water partition coefficient (Wildman–Crippen LogP) is 2.26. The van der Waals surface area contributed by atoms with Gasteiger partial charge in [-0.05, 0) is 24.6 Å². The molecule has 0 aromatic heterocycles. The number of carbonyl (C=O) groups excluding carboxylic acids is 1. The Morgan fingerprint density at radius 2 is 2.15 bits per heavy atom. The number of amides is 2. The Morgan fingerprint density at radius 3 is 2.75 bits per heavy atom. The molecule has 0 bridgehead atoms. The van der Waals surface area contributed by atoms with Crippen LogP contribution >= 0.6 is 11.6 Å². The second-order valence-electron chi connectivity index (χ2n) is 4.25. The van der Waals surface area contributed by atoms with Crippen molar-refractivity contribution in [2.75, 3.05) is 19.0 Å². The molecule has 0 saturated carbocycles. The predicted molar refractivity (Wildman–Crippen MR) is 76.3 cm³/mol. The van der Waals surface area contributed by atoms with Crippen LogP contribution in [0.25, 0.3) is 0 Å². The van der Waals surface area contributed by atoms with Gasteiger partial charge in [-0.2, -0.15) is 0 Å². The third-order valence-electron chi connectivity index (χ3n) is 2.58. The molecule has 0 aliphatic heterocycles. The number of rotatable bonds is 6. The van der Waals surface area contributed by atoms with Crippen molar-refractivity contribution in [2.24, 2.45) is 0 Å². The molecule has 0 spiro atoms. The van der Waals surface area contributed by atoms with Crippen molar-refractivity contribution >= 4 is 29.3 Å². The van der Waals surface area contributed by atoms with Gasteiger partial charge in [-0.1, -0.05) is 17.7 Å². The van der Waals surface area contributed by atoms with E-state index < -0.39 is 18.0 Å². The third-order valence-corrected chi connectivity index (χ3v) is 2.91. The number of hydrogen-bond acceptors (Lipinski definition) is 3. The maximum atomic E-state index is 11.8. The van der Waals surface area contributed by atoms with Crippen LogP contribution in [0.1, 0.15) is 12.0 Å². The van der Waals surface area contributed by atoms with E-state index in [9.17, 15) is 9.59 Å². The Kier molecular flexibility index (Phi) is 6.27. The molecule has 0 fully saturated rings. The van der Waals surface area contributed by atoms with Crippen molar-refractivity contribution in [1.82, 2.24) is 5.32 Å². The number of halogens is 1. The number of carboxylic acids is 1. The molecule has 20 heavy (non-hydrogen) atoms. The number of hydrogen-bond donors (Lipinski definition) is 3. The largest absolute Gasteiger partial charge is 0.480 e. The number of aryl methyl sites for hydroxylation is 1. The summed E-state index contributed by atoms with van der Waals surface area (Å²) in [4.78, 5) is 22.8. The molecule has 6 nitrogen and oxygen atoms in total. The molecular weight excluding hydrogens is 284 g/mol. The van der Waals surface area contributed by atoms with Crippen molar-refractivity contribution < 1.29 is 19.4 Å². The fraction of sp³-hybridized carbons (Fsp3) is 0.385. The summed E-state index contributed by atoms with van der Waals surface area (Å²) in [5, 5.41) is 14.3. The zero-order valence-corrected chi connectivity index (χ0v) is 12.0. The number of carboxylic acid groups (broad SMARTS) is 1. The van der Waals surface area contributed by atoms with Gasteiger partial charge in [0.05, 0.1) is 10.7 Å². The number of aliphatic carboxylic acids is 1. The average molecular weight is 301 g/mol. The summed E-state index contributed by atoms with van der Waals surface area (Å²) in [5.74, 6) is -1.12. The molecule has 1 aromatic rings. The normalized spacial score (nSPS) is 11.8. The number of carbonyl (C=O) groups is 2. The fourth-order valence-electron chi connectivity index (χ4n) is 1.54. The average Bonchev–Trinajstić information content (AvgIpc) is 2.38. The molecule has 1 rings (SSSR count). The topological polar surface area (TPSA) is 87.7 Å². The lowest BCUT2D eigenvalue weighted by Crippen LogP contribution is -2.43. The fourth-order valence-corrected chi connectivity index (χ4v) is 1.71. The molecule has 0 aliphatic rings. The molecule has 7 heteroatoms. The molecule has 1 unspecified atom stereocenters. The van der Waals surface area contributed by atoms with Gasteiger partial charge in [0.1, 0.15) is 6.04 Å². The van der Waals surface area contributed by atoms with Crippen LogP contribution in [-0.2, 0) is 9.53 Å². The Balaban J connectivity index is 2.65. The standard InChI is InChI=1S/C13H17ClN2O4/c1-8-3-4-9(14)11(7-8)16-13(19)15-10(12(17)18)5-6-20-2/h3-4,7,10H,5-6H2,1-2H3,(H,17,18)(H2,15,16,19). The van der Waals surface area contributed by atoms with Crippen LogP contribution in [0.2, 0.25) is 5.02 Å². The van der Waals surface area contributed by atoms with E-state index in [0.29, 0.717) is 10.7 Å². The first-order valence-corrected chi connectivity index (χ1v) is 6.37. The highest BCUT2D eigenvalue weighted by Crippen LogP contribution is 2.22. The van der Waals surface area contributed by atoms with E-state index in [0.717, 1.165) is 5.56 Å². The van der Waals surface area contributed by atoms with Crippen molar-refractivity contribution in [2.45, 2.75) is 19.4 Å². The van der Waals surface area contributed by atoms with Crippen LogP contribution in [0.3, 0.4) is 0 Å². The maximum Gasteiger partial charge on any atom is 0.326 e. The molecule has 0 aliphatic carbocycles. The van der Waals surface area contributed by atoms with Crippen LogP contribution in [0.15, 0.2) is 18.2 Å². The zero-order valence-electron chi connectivity index (χ0n) is 11.3. The van der Waals surface area contributed by atoms with E-state index in [-0.39, 0.29) is 13.0 Å². The molecule has 0 radical (unpaired) electrons. The van der Waals surface area contributed by atoms with Gasteiger partial charge >= 0.3 is 12.0 Å².